The fourth-order valence-electron chi connectivity index (χ4n) is 5.49. The summed E-state index contributed by atoms with van der Waals surface area (Å²) in [6.07, 6.45) is 2.10. The van der Waals surface area contributed by atoms with Gasteiger partial charge in [0.2, 0.25) is 5.91 Å². The van der Waals surface area contributed by atoms with Crippen molar-refractivity contribution in [3.05, 3.63) is 112 Å². The van der Waals surface area contributed by atoms with Crippen molar-refractivity contribution in [2.24, 2.45) is 0 Å². The number of anilines is 1. The molecule has 2 atom stereocenters. The molecule has 2 aromatic carbocycles. The highest BCUT2D eigenvalue weighted by atomic mass is 35.5. The first-order valence-electron chi connectivity index (χ1n) is 13.0. The summed E-state index contributed by atoms with van der Waals surface area (Å²) < 4.78 is 2.25. The Morgan fingerprint density at radius 1 is 1.03 bits per heavy atom. The highest BCUT2D eigenvalue weighted by Gasteiger charge is 2.42. The number of nitrogens with zero attached hydrogens (tertiary/aromatic N) is 3. The second kappa shape index (κ2) is 11.2. The minimum Gasteiger partial charge on any atom is -0.352 e. The van der Waals surface area contributed by atoms with Crippen LogP contribution in [0.3, 0.4) is 0 Å². The van der Waals surface area contributed by atoms with Crippen LogP contribution in [0.15, 0.2) is 72.9 Å². The molecular formula is C31H32ClN5OS. The van der Waals surface area contributed by atoms with Crippen molar-refractivity contribution in [3.8, 4) is 5.69 Å². The predicted molar refractivity (Wildman–Crippen MR) is 162 cm³/mol. The van der Waals surface area contributed by atoms with Crippen molar-refractivity contribution in [1.29, 1.82) is 0 Å². The summed E-state index contributed by atoms with van der Waals surface area (Å²) in [4.78, 5) is 19.7. The number of aromatic nitrogens is 2. The Hall–Kier alpha value is -3.68. The fourth-order valence-corrected chi connectivity index (χ4v) is 6.00. The first kappa shape index (κ1) is 26.9. The minimum atomic E-state index is -0.161. The summed E-state index contributed by atoms with van der Waals surface area (Å²) in [5.74, 6) is -0.0530. The summed E-state index contributed by atoms with van der Waals surface area (Å²) >= 11 is 12.2. The molecule has 0 aliphatic carbocycles. The topological polar surface area (TPSA) is 62.2 Å². The molecule has 1 amide bonds. The van der Waals surface area contributed by atoms with E-state index >= 15 is 0 Å². The molecule has 5 rings (SSSR count). The maximum atomic E-state index is 12.9. The van der Waals surface area contributed by atoms with Crippen LogP contribution >= 0.6 is 23.8 Å². The van der Waals surface area contributed by atoms with Crippen molar-refractivity contribution >= 4 is 40.5 Å². The summed E-state index contributed by atoms with van der Waals surface area (Å²) in [5.41, 5.74) is 8.46. The number of amides is 1. The maximum Gasteiger partial charge on any atom is 0.226 e. The zero-order chi connectivity index (χ0) is 27.7. The number of thiocarbonyl (C=S) groups is 1. The predicted octanol–water partition coefficient (Wildman–Crippen LogP) is 6.76. The van der Waals surface area contributed by atoms with Crippen molar-refractivity contribution in [3.63, 3.8) is 0 Å². The molecule has 0 saturated carbocycles. The first-order chi connectivity index (χ1) is 18.7. The monoisotopic (exact) mass is 557 g/mol. The van der Waals surface area contributed by atoms with Crippen LogP contribution in [0, 0.1) is 27.7 Å². The van der Waals surface area contributed by atoms with Crippen LogP contribution in [0.5, 0.6) is 0 Å². The molecule has 4 aromatic rings. The van der Waals surface area contributed by atoms with Crippen LogP contribution in [0.25, 0.3) is 5.69 Å². The number of carbonyl (C=O) groups is 1. The van der Waals surface area contributed by atoms with Crippen LogP contribution in [-0.4, -0.2) is 32.0 Å². The minimum absolute atomic E-state index is 0.0530. The summed E-state index contributed by atoms with van der Waals surface area (Å²) in [6, 6.07) is 21.3. The zero-order valence-electron chi connectivity index (χ0n) is 22.5. The lowest BCUT2D eigenvalue weighted by atomic mass is 9.93. The van der Waals surface area contributed by atoms with E-state index in [1.54, 1.807) is 6.20 Å². The lowest BCUT2D eigenvalue weighted by Crippen LogP contribution is -2.33. The largest absolute Gasteiger partial charge is 0.352 e. The first-order valence-corrected chi connectivity index (χ1v) is 13.8. The molecular weight excluding hydrogens is 526 g/mol. The average molecular weight is 558 g/mol. The number of benzene rings is 2. The van der Waals surface area contributed by atoms with Crippen molar-refractivity contribution in [1.82, 2.24) is 19.8 Å². The normalized spacial score (nSPS) is 16.8. The van der Waals surface area contributed by atoms with Gasteiger partial charge in [0.05, 0.1) is 17.8 Å². The molecule has 0 unspecified atom stereocenters. The molecule has 1 aliphatic rings. The average Bonchev–Trinajstić information content (AvgIpc) is 3.35. The Morgan fingerprint density at radius 3 is 2.49 bits per heavy atom. The lowest BCUT2D eigenvalue weighted by Gasteiger charge is -2.29. The standard InChI is InChI=1S/C31H32ClN5OS/c1-19-11-13-24(14-12-19)34-27(38)15-17-36-30(29(35-31(36)39)26-10-5-6-16-33-26)28-20(2)21(3)37(22(28)4)25-9-7-8-23(32)18-25/h5-14,16,18,29-30H,15,17H2,1-4H3,(H,34,38)(H,35,39)/t29-,30+/m0/s1. The molecule has 1 saturated heterocycles. The van der Waals surface area contributed by atoms with Gasteiger partial charge in [0, 0.05) is 52.5 Å². The van der Waals surface area contributed by atoms with Crippen LogP contribution < -0.4 is 10.6 Å². The number of rotatable bonds is 7. The van der Waals surface area contributed by atoms with Gasteiger partial charge in [-0.2, -0.15) is 0 Å². The Morgan fingerprint density at radius 2 is 1.79 bits per heavy atom. The molecule has 39 heavy (non-hydrogen) atoms. The van der Waals surface area contributed by atoms with Gasteiger partial charge in [0.15, 0.2) is 5.11 Å². The van der Waals surface area contributed by atoms with Gasteiger partial charge in [0.25, 0.3) is 0 Å². The van der Waals surface area contributed by atoms with E-state index in [2.05, 4.69) is 51.9 Å². The third-order valence-corrected chi connectivity index (χ3v) is 8.07. The quantitative estimate of drug-likeness (QED) is 0.246. The van der Waals surface area contributed by atoms with E-state index in [1.807, 2.05) is 67.6 Å². The third kappa shape index (κ3) is 5.42. The van der Waals surface area contributed by atoms with Crippen LogP contribution in [0.4, 0.5) is 5.69 Å². The van der Waals surface area contributed by atoms with E-state index < -0.39 is 0 Å². The molecule has 0 bridgehead atoms. The Labute approximate surface area is 240 Å². The SMILES string of the molecule is Cc1ccc(NC(=O)CCN2C(=S)N[C@@H](c3ccccn3)[C@H]2c2c(C)c(C)n(-c3cccc(Cl)c3)c2C)cc1. The number of nitrogens with one attached hydrogen (secondary N) is 2. The summed E-state index contributed by atoms with van der Waals surface area (Å²) in [7, 11) is 0. The maximum absolute atomic E-state index is 12.9. The van der Waals surface area contributed by atoms with Gasteiger partial charge in [-0.3, -0.25) is 9.78 Å². The van der Waals surface area contributed by atoms with Crippen molar-refractivity contribution in [2.45, 2.75) is 46.2 Å². The zero-order valence-corrected chi connectivity index (χ0v) is 24.1. The smallest absolute Gasteiger partial charge is 0.226 e. The fraction of sp³-hybridized carbons (Fsp3) is 0.258. The molecule has 6 nitrogen and oxygen atoms in total. The van der Waals surface area contributed by atoms with Gasteiger partial charge in [-0.1, -0.05) is 41.4 Å². The van der Waals surface area contributed by atoms with Crippen LogP contribution in [0.2, 0.25) is 5.02 Å². The van der Waals surface area contributed by atoms with Gasteiger partial charge in [-0.15, -0.1) is 0 Å². The van der Waals surface area contributed by atoms with Gasteiger partial charge >= 0.3 is 0 Å². The highest BCUT2D eigenvalue weighted by molar-refractivity contribution is 7.80. The lowest BCUT2D eigenvalue weighted by molar-refractivity contribution is -0.116. The molecule has 3 heterocycles. The van der Waals surface area contributed by atoms with E-state index in [9.17, 15) is 4.79 Å². The van der Waals surface area contributed by atoms with Gasteiger partial charge < -0.3 is 20.1 Å². The van der Waals surface area contributed by atoms with E-state index in [1.165, 1.54) is 11.1 Å². The van der Waals surface area contributed by atoms with Gasteiger partial charge in [-0.25, -0.2) is 0 Å². The number of hydrogen-bond acceptors (Lipinski definition) is 3. The molecule has 8 heteroatoms. The Kier molecular flexibility index (Phi) is 7.73. The Bertz CT molecular complexity index is 1520. The van der Waals surface area contributed by atoms with E-state index in [4.69, 9.17) is 23.8 Å². The summed E-state index contributed by atoms with van der Waals surface area (Å²) in [5, 5.41) is 7.83. The Balaban J connectivity index is 1.50. The molecule has 2 aromatic heterocycles. The van der Waals surface area contributed by atoms with E-state index in [0.717, 1.165) is 34.0 Å². The number of halogens is 1. The summed E-state index contributed by atoms with van der Waals surface area (Å²) in [6.45, 7) is 8.91. The third-order valence-electron chi connectivity index (χ3n) is 7.48. The number of pyridine rings is 1. The molecule has 0 radical (unpaired) electrons. The molecule has 200 valence electrons. The van der Waals surface area contributed by atoms with Crippen LogP contribution in [0.1, 0.15) is 52.3 Å². The molecule has 2 N–H and O–H groups in total. The van der Waals surface area contributed by atoms with Crippen molar-refractivity contribution < 1.29 is 4.79 Å². The molecule has 0 spiro atoms. The van der Waals surface area contributed by atoms with Gasteiger partial charge in [-0.05, 0) is 87.9 Å². The number of aryl methyl sites for hydroxylation is 1. The second-order valence-electron chi connectivity index (χ2n) is 10.0. The van der Waals surface area contributed by atoms with E-state index in [-0.39, 0.29) is 18.0 Å². The highest BCUT2D eigenvalue weighted by Crippen LogP contribution is 2.43. The van der Waals surface area contributed by atoms with E-state index in [0.29, 0.717) is 23.1 Å². The number of hydrogen-bond donors (Lipinski definition) is 2. The molecule has 1 aliphatic heterocycles. The second-order valence-corrected chi connectivity index (χ2v) is 10.8. The van der Waals surface area contributed by atoms with Crippen LogP contribution in [-0.2, 0) is 4.79 Å². The molecule has 1 fully saturated rings. The number of carbonyl (C=O) groups excluding carboxylic acids is 1. The van der Waals surface area contributed by atoms with Crippen molar-refractivity contribution in [2.75, 3.05) is 11.9 Å². The van der Waals surface area contributed by atoms with Gasteiger partial charge in [0.1, 0.15) is 0 Å².